The summed E-state index contributed by atoms with van der Waals surface area (Å²) >= 11 is 0. The molecule has 0 aromatic heterocycles. The minimum Gasteiger partial charge on any atom is -0.379 e. The standard InChI is InChI=1S/C10H16N6/c1-3-5-7-13-15-9(11)10(12)16-14-8-6-4-2/h3-8H,1-2H3,(H2,11,15)(H2,12,16)/b5-3-,6-4+,13-7+,14-8-. The molecule has 0 aromatic carbocycles. The fourth-order valence-corrected chi connectivity index (χ4v) is 0.543. The van der Waals surface area contributed by atoms with E-state index in [1.807, 2.05) is 26.0 Å². The van der Waals surface area contributed by atoms with Gasteiger partial charge >= 0.3 is 0 Å². The minimum absolute atomic E-state index is 0.0263. The monoisotopic (exact) mass is 220 g/mol. The van der Waals surface area contributed by atoms with Crippen LogP contribution in [0.4, 0.5) is 0 Å². The van der Waals surface area contributed by atoms with Crippen molar-refractivity contribution in [3.8, 4) is 0 Å². The zero-order valence-corrected chi connectivity index (χ0v) is 9.41. The largest absolute Gasteiger partial charge is 0.379 e. The SMILES string of the molecule is C/C=C\C=N\N=C(N)C(N)=N/N=C\C=C\C. The Bertz CT molecular complexity index is 324. The van der Waals surface area contributed by atoms with E-state index in [0.29, 0.717) is 0 Å². The van der Waals surface area contributed by atoms with Crippen molar-refractivity contribution in [3.63, 3.8) is 0 Å². The molecule has 0 atom stereocenters. The lowest BCUT2D eigenvalue weighted by Crippen LogP contribution is -2.30. The molecule has 0 aromatic rings. The molecule has 6 heteroatoms. The summed E-state index contributed by atoms with van der Waals surface area (Å²) in [7, 11) is 0. The van der Waals surface area contributed by atoms with Gasteiger partial charge in [0.05, 0.1) is 0 Å². The summed E-state index contributed by atoms with van der Waals surface area (Å²) < 4.78 is 0. The third-order valence-corrected chi connectivity index (χ3v) is 1.28. The number of amidine groups is 2. The van der Waals surface area contributed by atoms with Gasteiger partial charge in [-0.2, -0.15) is 10.2 Å². The zero-order chi connectivity index (χ0) is 12.2. The molecule has 86 valence electrons. The maximum Gasteiger partial charge on any atom is 0.190 e. The van der Waals surface area contributed by atoms with Crippen LogP contribution in [0.1, 0.15) is 13.8 Å². The maximum absolute atomic E-state index is 5.48. The van der Waals surface area contributed by atoms with E-state index < -0.39 is 0 Å². The van der Waals surface area contributed by atoms with Crippen LogP contribution in [-0.4, -0.2) is 24.1 Å². The van der Waals surface area contributed by atoms with Crippen molar-refractivity contribution < 1.29 is 0 Å². The molecule has 0 bridgehead atoms. The second kappa shape index (κ2) is 9.32. The average Bonchev–Trinajstić information content (AvgIpc) is 2.29. The molecule has 4 N–H and O–H groups in total. The Morgan fingerprint density at radius 2 is 1.19 bits per heavy atom. The predicted octanol–water partition coefficient (Wildman–Crippen LogP) is 0.825. The highest BCUT2D eigenvalue weighted by atomic mass is 15.3. The lowest BCUT2D eigenvalue weighted by atomic mass is 10.5. The van der Waals surface area contributed by atoms with E-state index >= 15 is 0 Å². The van der Waals surface area contributed by atoms with E-state index in [2.05, 4.69) is 20.4 Å². The summed E-state index contributed by atoms with van der Waals surface area (Å²) in [6, 6.07) is 0. The molecule has 16 heavy (non-hydrogen) atoms. The molecule has 0 heterocycles. The lowest BCUT2D eigenvalue weighted by Gasteiger charge is -1.92. The first-order valence-corrected chi connectivity index (χ1v) is 4.68. The summed E-state index contributed by atoms with van der Waals surface area (Å²) in [6.45, 7) is 3.73. The summed E-state index contributed by atoms with van der Waals surface area (Å²) in [6.07, 6.45) is 10.0. The Balaban J connectivity index is 4.41. The van der Waals surface area contributed by atoms with Gasteiger partial charge < -0.3 is 11.5 Å². The van der Waals surface area contributed by atoms with E-state index in [1.54, 1.807) is 12.2 Å². The van der Waals surface area contributed by atoms with E-state index in [4.69, 9.17) is 11.5 Å². The van der Waals surface area contributed by atoms with Crippen molar-refractivity contribution in [2.24, 2.45) is 31.9 Å². The van der Waals surface area contributed by atoms with Crippen molar-refractivity contribution in [2.45, 2.75) is 13.8 Å². The molecule has 0 unspecified atom stereocenters. The lowest BCUT2D eigenvalue weighted by molar-refractivity contribution is 1.21. The second-order valence-electron chi connectivity index (χ2n) is 2.55. The molecule has 0 rings (SSSR count). The van der Waals surface area contributed by atoms with Gasteiger partial charge in [-0.25, -0.2) is 0 Å². The molecule has 6 nitrogen and oxygen atoms in total. The first-order valence-electron chi connectivity index (χ1n) is 4.68. The van der Waals surface area contributed by atoms with Crippen LogP contribution in [0.25, 0.3) is 0 Å². The van der Waals surface area contributed by atoms with Gasteiger partial charge in [-0.3, -0.25) is 0 Å². The number of hydrogen-bond acceptors (Lipinski definition) is 4. The van der Waals surface area contributed by atoms with Gasteiger partial charge in [0.15, 0.2) is 11.7 Å². The van der Waals surface area contributed by atoms with Gasteiger partial charge in [-0.05, 0) is 26.0 Å². The first kappa shape index (κ1) is 13.8. The van der Waals surface area contributed by atoms with Crippen LogP contribution >= 0.6 is 0 Å². The van der Waals surface area contributed by atoms with Gasteiger partial charge in [-0.1, -0.05) is 12.2 Å². The van der Waals surface area contributed by atoms with Crippen molar-refractivity contribution in [2.75, 3.05) is 0 Å². The summed E-state index contributed by atoms with van der Waals surface area (Å²) in [5.74, 6) is 0.0526. The molecule has 0 fully saturated rings. The van der Waals surface area contributed by atoms with Gasteiger partial charge in [0.25, 0.3) is 0 Å². The molecule has 0 aliphatic rings. The number of rotatable bonds is 4. The van der Waals surface area contributed by atoms with Crippen LogP contribution in [-0.2, 0) is 0 Å². The minimum atomic E-state index is 0.0263. The molecular weight excluding hydrogens is 204 g/mol. The molecule has 0 aliphatic heterocycles. The van der Waals surface area contributed by atoms with Crippen LogP contribution in [0.5, 0.6) is 0 Å². The van der Waals surface area contributed by atoms with E-state index in [1.165, 1.54) is 12.4 Å². The Hall–Kier alpha value is -2.24. The second-order valence-corrected chi connectivity index (χ2v) is 2.55. The number of nitrogens with zero attached hydrogens (tertiary/aromatic N) is 4. The number of allylic oxidation sites excluding steroid dienone is 4. The summed E-state index contributed by atoms with van der Waals surface area (Å²) in [5.41, 5.74) is 11.0. The van der Waals surface area contributed by atoms with Crippen LogP contribution in [0.2, 0.25) is 0 Å². The maximum atomic E-state index is 5.48. The Morgan fingerprint density at radius 3 is 1.50 bits per heavy atom. The quantitative estimate of drug-likeness (QED) is 0.416. The van der Waals surface area contributed by atoms with E-state index in [9.17, 15) is 0 Å². The molecule has 0 spiro atoms. The highest BCUT2D eigenvalue weighted by molar-refractivity contribution is 6.39. The highest BCUT2D eigenvalue weighted by Gasteiger charge is 1.96. The molecule has 0 saturated carbocycles. The highest BCUT2D eigenvalue weighted by Crippen LogP contribution is 1.78. The average molecular weight is 220 g/mol. The number of hydrogen-bond donors (Lipinski definition) is 2. The molecule has 0 aliphatic carbocycles. The van der Waals surface area contributed by atoms with Crippen LogP contribution in [0, 0.1) is 0 Å². The fraction of sp³-hybridized carbons (Fsp3) is 0.200. The molecule has 0 radical (unpaired) electrons. The van der Waals surface area contributed by atoms with E-state index in [-0.39, 0.29) is 11.7 Å². The van der Waals surface area contributed by atoms with Gasteiger partial charge in [0, 0.05) is 12.4 Å². The van der Waals surface area contributed by atoms with Crippen molar-refractivity contribution in [1.29, 1.82) is 0 Å². The van der Waals surface area contributed by atoms with Gasteiger partial charge in [0.2, 0.25) is 0 Å². The first-order chi connectivity index (χ1) is 7.72. The topological polar surface area (TPSA) is 101 Å². The summed E-state index contributed by atoms with van der Waals surface area (Å²) in [5, 5.41) is 14.6. The smallest absolute Gasteiger partial charge is 0.190 e. The third kappa shape index (κ3) is 7.19. The van der Waals surface area contributed by atoms with Crippen LogP contribution in [0.3, 0.4) is 0 Å². The molecule has 0 amide bonds. The molecular formula is C10H16N6. The Labute approximate surface area is 94.8 Å². The van der Waals surface area contributed by atoms with Crippen molar-refractivity contribution >= 4 is 24.1 Å². The fourth-order valence-electron chi connectivity index (χ4n) is 0.543. The molecule has 0 saturated heterocycles. The Morgan fingerprint density at radius 1 is 0.812 bits per heavy atom. The van der Waals surface area contributed by atoms with Crippen LogP contribution in [0.15, 0.2) is 44.7 Å². The van der Waals surface area contributed by atoms with E-state index in [0.717, 1.165) is 0 Å². The Kier molecular flexibility index (Phi) is 8.02. The van der Waals surface area contributed by atoms with Gasteiger partial charge in [-0.15, -0.1) is 10.2 Å². The van der Waals surface area contributed by atoms with Crippen molar-refractivity contribution in [1.82, 2.24) is 0 Å². The van der Waals surface area contributed by atoms with Gasteiger partial charge in [0.1, 0.15) is 0 Å². The summed E-state index contributed by atoms with van der Waals surface area (Å²) in [4.78, 5) is 0. The predicted molar refractivity (Wildman–Crippen MR) is 69.9 cm³/mol. The zero-order valence-electron chi connectivity index (χ0n) is 9.41. The number of nitrogens with two attached hydrogens (primary N) is 2. The van der Waals surface area contributed by atoms with Crippen LogP contribution < -0.4 is 11.5 Å². The normalized spacial score (nSPS) is 15.1. The third-order valence-electron chi connectivity index (χ3n) is 1.28. The van der Waals surface area contributed by atoms with Crippen molar-refractivity contribution in [3.05, 3.63) is 24.3 Å².